The number of nitrogens with one attached hydrogen (secondary N) is 1. The molecule has 1 N–H and O–H groups in total. The van der Waals surface area contributed by atoms with E-state index >= 15 is 0 Å². The second kappa shape index (κ2) is 10.4. The minimum absolute atomic E-state index is 0.228. The maximum Gasteiger partial charge on any atom is 0.294 e. The van der Waals surface area contributed by atoms with E-state index in [4.69, 9.17) is 4.42 Å². The standard InChI is InChI=1S/C27H23N5O4S2/c33-23(31-14-12-30(13-15-31)18-6-2-1-3-7-18)17-32-25(34)22(37-27(32)35)16-19-10-11-24(36-19)38-26-28-20-8-4-5-9-21(20)29-26/h1-11,16H,12-15,17H2,(H,28,29)/b22-16-. The third-order valence-corrected chi connectivity index (χ3v) is 8.08. The van der Waals surface area contributed by atoms with Crippen LogP contribution < -0.4 is 4.90 Å². The van der Waals surface area contributed by atoms with Gasteiger partial charge in [-0.3, -0.25) is 19.3 Å². The highest BCUT2D eigenvalue weighted by molar-refractivity contribution is 8.18. The highest BCUT2D eigenvalue weighted by Gasteiger charge is 2.37. The molecule has 3 amide bonds. The number of piperazine rings is 1. The zero-order valence-corrected chi connectivity index (χ0v) is 21.8. The molecule has 4 heterocycles. The Morgan fingerprint density at radius 3 is 2.55 bits per heavy atom. The molecule has 0 radical (unpaired) electrons. The van der Waals surface area contributed by atoms with Crippen molar-refractivity contribution >= 4 is 63.4 Å². The van der Waals surface area contributed by atoms with Crippen LogP contribution in [0.3, 0.4) is 0 Å². The molecule has 6 rings (SSSR count). The number of H-pyrrole nitrogens is 1. The van der Waals surface area contributed by atoms with Crippen LogP contribution in [0.1, 0.15) is 5.76 Å². The van der Waals surface area contributed by atoms with Crippen molar-refractivity contribution in [3.8, 4) is 0 Å². The van der Waals surface area contributed by atoms with Gasteiger partial charge < -0.3 is 19.2 Å². The number of aromatic amines is 1. The Balaban J connectivity index is 1.06. The van der Waals surface area contributed by atoms with Gasteiger partial charge in [0.1, 0.15) is 12.3 Å². The zero-order chi connectivity index (χ0) is 26.1. The summed E-state index contributed by atoms with van der Waals surface area (Å²) in [4.78, 5) is 51.3. The molecule has 4 aromatic rings. The Kier molecular flexibility index (Phi) is 6.69. The Bertz CT molecular complexity index is 1510. The van der Waals surface area contributed by atoms with Crippen LogP contribution in [-0.2, 0) is 9.59 Å². The van der Waals surface area contributed by atoms with Crippen molar-refractivity contribution in [2.75, 3.05) is 37.6 Å². The van der Waals surface area contributed by atoms with E-state index in [9.17, 15) is 14.4 Å². The molecule has 38 heavy (non-hydrogen) atoms. The lowest BCUT2D eigenvalue weighted by Gasteiger charge is -2.36. The first kappa shape index (κ1) is 24.4. The van der Waals surface area contributed by atoms with Crippen LogP contribution in [0.25, 0.3) is 17.1 Å². The maximum atomic E-state index is 12.9. The van der Waals surface area contributed by atoms with Gasteiger partial charge in [0.05, 0.1) is 15.9 Å². The van der Waals surface area contributed by atoms with Crippen LogP contribution in [0.5, 0.6) is 0 Å². The summed E-state index contributed by atoms with van der Waals surface area (Å²) in [6.07, 6.45) is 1.54. The number of fused-ring (bicyclic) bond motifs is 1. The first-order valence-corrected chi connectivity index (χ1v) is 13.7. The van der Waals surface area contributed by atoms with E-state index in [1.54, 1.807) is 17.0 Å². The van der Waals surface area contributed by atoms with E-state index in [-0.39, 0.29) is 17.4 Å². The van der Waals surface area contributed by atoms with Gasteiger partial charge in [-0.2, -0.15) is 0 Å². The normalized spacial score (nSPS) is 17.3. The molecular formula is C27H23N5O4S2. The third kappa shape index (κ3) is 5.07. The fourth-order valence-corrected chi connectivity index (χ4v) is 5.98. The van der Waals surface area contributed by atoms with Crippen LogP contribution in [0.2, 0.25) is 0 Å². The fourth-order valence-electron chi connectivity index (χ4n) is 4.39. The van der Waals surface area contributed by atoms with Crippen LogP contribution >= 0.6 is 23.5 Å². The van der Waals surface area contributed by atoms with E-state index in [1.165, 1.54) is 17.8 Å². The smallest absolute Gasteiger partial charge is 0.294 e. The number of aromatic nitrogens is 2. The first-order chi connectivity index (χ1) is 18.5. The number of carbonyl (C=O) groups excluding carboxylic acids is 3. The lowest BCUT2D eigenvalue weighted by molar-refractivity contribution is -0.136. The predicted octanol–water partition coefficient (Wildman–Crippen LogP) is 4.69. The lowest BCUT2D eigenvalue weighted by atomic mass is 10.2. The minimum Gasteiger partial charge on any atom is -0.450 e. The van der Waals surface area contributed by atoms with Gasteiger partial charge >= 0.3 is 0 Å². The van der Waals surface area contributed by atoms with E-state index < -0.39 is 11.1 Å². The highest BCUT2D eigenvalue weighted by Crippen LogP contribution is 2.34. The summed E-state index contributed by atoms with van der Waals surface area (Å²) >= 11 is 2.14. The number of imide groups is 1. The van der Waals surface area contributed by atoms with Crippen LogP contribution in [0.4, 0.5) is 10.5 Å². The molecule has 2 saturated heterocycles. The molecule has 2 aromatic heterocycles. The average molecular weight is 546 g/mol. The van der Waals surface area contributed by atoms with Crippen molar-refractivity contribution in [1.82, 2.24) is 19.8 Å². The largest absolute Gasteiger partial charge is 0.450 e. The van der Waals surface area contributed by atoms with Crippen molar-refractivity contribution < 1.29 is 18.8 Å². The number of nitrogens with zero attached hydrogens (tertiary/aromatic N) is 4. The number of imidazole rings is 1. The number of para-hydroxylation sites is 3. The van der Waals surface area contributed by atoms with Crippen molar-refractivity contribution in [2.24, 2.45) is 0 Å². The number of rotatable bonds is 6. The SMILES string of the molecule is O=C(CN1C(=O)S/C(=C\c2ccc(Sc3nc4ccccc4[nH]3)o2)C1=O)N1CCN(c2ccccc2)CC1. The molecule has 192 valence electrons. The van der Waals surface area contributed by atoms with Gasteiger partial charge in [0.15, 0.2) is 10.2 Å². The van der Waals surface area contributed by atoms with E-state index in [0.717, 1.165) is 33.4 Å². The monoisotopic (exact) mass is 545 g/mol. The van der Waals surface area contributed by atoms with E-state index in [2.05, 4.69) is 14.9 Å². The molecule has 2 aliphatic heterocycles. The Hall–Kier alpha value is -3.96. The number of amides is 3. The molecular weight excluding hydrogens is 522 g/mol. The van der Waals surface area contributed by atoms with Crippen molar-refractivity contribution in [1.29, 1.82) is 0 Å². The first-order valence-electron chi connectivity index (χ1n) is 12.1. The van der Waals surface area contributed by atoms with E-state index in [1.807, 2.05) is 54.6 Å². The summed E-state index contributed by atoms with van der Waals surface area (Å²) in [5.41, 5.74) is 2.92. The maximum absolute atomic E-state index is 12.9. The number of thioether (sulfide) groups is 1. The van der Waals surface area contributed by atoms with Gasteiger partial charge in [0.2, 0.25) is 5.91 Å². The molecule has 11 heteroatoms. The highest BCUT2D eigenvalue weighted by atomic mass is 32.2. The minimum atomic E-state index is -0.487. The van der Waals surface area contributed by atoms with Gasteiger partial charge in [-0.15, -0.1) is 0 Å². The Morgan fingerprint density at radius 1 is 1.00 bits per heavy atom. The molecule has 0 unspecified atom stereocenters. The molecule has 0 atom stereocenters. The molecule has 2 aliphatic rings. The second-order valence-electron chi connectivity index (χ2n) is 8.79. The number of benzene rings is 2. The van der Waals surface area contributed by atoms with Gasteiger partial charge in [-0.25, -0.2) is 4.98 Å². The predicted molar refractivity (Wildman–Crippen MR) is 147 cm³/mol. The van der Waals surface area contributed by atoms with Crippen LogP contribution in [0, 0.1) is 0 Å². The summed E-state index contributed by atoms with van der Waals surface area (Å²) in [7, 11) is 0. The summed E-state index contributed by atoms with van der Waals surface area (Å²) in [5, 5.41) is 0.829. The lowest BCUT2D eigenvalue weighted by Crippen LogP contribution is -2.51. The van der Waals surface area contributed by atoms with Gasteiger partial charge in [-0.1, -0.05) is 30.3 Å². The fraction of sp³-hybridized carbons (Fsp3) is 0.185. The molecule has 2 aromatic carbocycles. The number of hydrogen-bond donors (Lipinski definition) is 1. The Labute approximate surface area is 226 Å². The summed E-state index contributed by atoms with van der Waals surface area (Å²) in [5.74, 6) is -0.277. The van der Waals surface area contributed by atoms with Crippen LogP contribution in [-0.4, -0.2) is 69.5 Å². The summed E-state index contributed by atoms with van der Waals surface area (Å²) < 4.78 is 5.84. The number of hydrogen-bond acceptors (Lipinski definition) is 8. The molecule has 0 spiro atoms. The number of anilines is 1. The second-order valence-corrected chi connectivity index (χ2v) is 10.8. The average Bonchev–Trinajstić information content (AvgIpc) is 3.63. The van der Waals surface area contributed by atoms with Crippen molar-refractivity contribution in [3.63, 3.8) is 0 Å². The molecule has 2 fully saturated rings. The summed E-state index contributed by atoms with van der Waals surface area (Å²) in [6.45, 7) is 2.21. The molecule has 0 saturated carbocycles. The topological polar surface area (TPSA) is 103 Å². The number of furan rings is 1. The summed E-state index contributed by atoms with van der Waals surface area (Å²) in [6, 6.07) is 21.3. The molecule has 0 aliphatic carbocycles. The number of carbonyl (C=O) groups is 3. The third-order valence-electron chi connectivity index (χ3n) is 6.36. The van der Waals surface area contributed by atoms with Crippen molar-refractivity contribution in [3.05, 3.63) is 77.4 Å². The zero-order valence-electron chi connectivity index (χ0n) is 20.2. The molecule has 0 bridgehead atoms. The van der Waals surface area contributed by atoms with Gasteiger partial charge in [-0.05, 0) is 59.9 Å². The Morgan fingerprint density at radius 2 is 1.76 bits per heavy atom. The van der Waals surface area contributed by atoms with Gasteiger partial charge in [0, 0.05) is 37.9 Å². The van der Waals surface area contributed by atoms with Crippen LogP contribution in [0.15, 0.2) is 86.3 Å². The van der Waals surface area contributed by atoms with Crippen molar-refractivity contribution in [2.45, 2.75) is 10.2 Å². The molecule has 9 nitrogen and oxygen atoms in total. The van der Waals surface area contributed by atoms with E-state index in [0.29, 0.717) is 42.2 Å². The quantitative estimate of drug-likeness (QED) is 0.348. The van der Waals surface area contributed by atoms with Gasteiger partial charge in [0.25, 0.3) is 11.1 Å².